The Kier molecular flexibility index (Phi) is 3.31. The molecule has 4 nitrogen and oxygen atoms in total. The molecule has 1 aromatic rings. The Morgan fingerprint density at radius 3 is 2.73 bits per heavy atom. The molecule has 15 heavy (non-hydrogen) atoms. The summed E-state index contributed by atoms with van der Waals surface area (Å²) in [5.74, 6) is -0.829. The number of phenolic OH excluding ortho intramolecular Hbond substituents is 1. The molecule has 0 amide bonds. The summed E-state index contributed by atoms with van der Waals surface area (Å²) in [4.78, 5) is 10.7. The quantitative estimate of drug-likeness (QED) is 0.694. The van der Waals surface area contributed by atoms with Gasteiger partial charge in [0.05, 0.1) is 0 Å². The van der Waals surface area contributed by atoms with E-state index in [1.165, 1.54) is 6.92 Å². The molecule has 0 fully saturated rings. The number of nitrogens with two attached hydrogens (primary N) is 1. The van der Waals surface area contributed by atoms with Crippen molar-refractivity contribution in [1.29, 1.82) is 0 Å². The van der Waals surface area contributed by atoms with Gasteiger partial charge < -0.3 is 15.9 Å². The highest BCUT2D eigenvalue weighted by Crippen LogP contribution is 2.16. The molecule has 1 rings (SSSR count). The highest BCUT2D eigenvalue weighted by molar-refractivity contribution is 5.77. The van der Waals surface area contributed by atoms with Gasteiger partial charge in [0.15, 0.2) is 0 Å². The van der Waals surface area contributed by atoms with Crippen LogP contribution in [0.5, 0.6) is 5.75 Å². The summed E-state index contributed by atoms with van der Waals surface area (Å²) in [7, 11) is 0. The minimum atomic E-state index is -1.22. The second-order valence-electron chi connectivity index (χ2n) is 3.89. The first-order valence-corrected chi connectivity index (χ1v) is 4.72. The van der Waals surface area contributed by atoms with Gasteiger partial charge in [-0.25, -0.2) is 0 Å². The molecule has 4 N–H and O–H groups in total. The van der Waals surface area contributed by atoms with Gasteiger partial charge in [0, 0.05) is 0 Å². The molecule has 0 aliphatic carbocycles. The van der Waals surface area contributed by atoms with Gasteiger partial charge in [0.2, 0.25) is 0 Å². The van der Waals surface area contributed by atoms with Crippen molar-refractivity contribution in [3.63, 3.8) is 0 Å². The van der Waals surface area contributed by atoms with Crippen LogP contribution < -0.4 is 5.73 Å². The smallest absolute Gasteiger partial charge is 0.323 e. The Labute approximate surface area is 88.3 Å². The lowest BCUT2D eigenvalue weighted by atomic mass is 9.94. The minimum Gasteiger partial charge on any atom is -0.508 e. The molecule has 1 aromatic carbocycles. The molecule has 82 valence electrons. The summed E-state index contributed by atoms with van der Waals surface area (Å²) < 4.78 is 0. The van der Waals surface area contributed by atoms with Crippen molar-refractivity contribution in [3.05, 3.63) is 29.8 Å². The molecule has 0 aromatic heterocycles. The van der Waals surface area contributed by atoms with Crippen molar-refractivity contribution >= 4 is 5.97 Å². The molecular weight excluding hydrogens is 194 g/mol. The number of carboxylic acid groups (broad SMARTS) is 1. The van der Waals surface area contributed by atoms with E-state index >= 15 is 0 Å². The fraction of sp³-hybridized carbons (Fsp3) is 0.364. The van der Waals surface area contributed by atoms with Gasteiger partial charge in [0.1, 0.15) is 11.3 Å². The second kappa shape index (κ2) is 4.31. The van der Waals surface area contributed by atoms with E-state index in [0.29, 0.717) is 12.8 Å². The molecule has 0 spiro atoms. The van der Waals surface area contributed by atoms with Gasteiger partial charge in [-0.2, -0.15) is 0 Å². The number of hydrogen-bond acceptors (Lipinski definition) is 3. The first-order chi connectivity index (χ1) is 6.92. The largest absolute Gasteiger partial charge is 0.508 e. The lowest BCUT2D eigenvalue weighted by Gasteiger charge is -2.18. The monoisotopic (exact) mass is 209 g/mol. The van der Waals surface area contributed by atoms with Crippen molar-refractivity contribution in [3.8, 4) is 5.75 Å². The van der Waals surface area contributed by atoms with E-state index < -0.39 is 11.5 Å². The molecule has 0 heterocycles. The lowest BCUT2D eigenvalue weighted by Crippen LogP contribution is -2.45. The van der Waals surface area contributed by atoms with E-state index in [1.807, 2.05) is 6.07 Å². The maximum Gasteiger partial charge on any atom is 0.323 e. The average molecular weight is 209 g/mol. The van der Waals surface area contributed by atoms with Crippen LogP contribution in [0.25, 0.3) is 0 Å². The zero-order chi connectivity index (χ0) is 11.5. The SMILES string of the molecule is CC(N)(CCc1cccc(O)c1)C(=O)O. The van der Waals surface area contributed by atoms with Crippen molar-refractivity contribution in [2.45, 2.75) is 25.3 Å². The van der Waals surface area contributed by atoms with Gasteiger partial charge in [-0.1, -0.05) is 12.1 Å². The molecule has 1 atom stereocenters. The van der Waals surface area contributed by atoms with E-state index in [2.05, 4.69) is 0 Å². The standard InChI is InChI=1S/C11H15NO3/c1-11(12,10(14)15)6-5-8-3-2-4-9(13)7-8/h2-4,7,13H,5-6,12H2,1H3,(H,14,15). The number of carboxylic acids is 1. The van der Waals surface area contributed by atoms with Crippen molar-refractivity contribution < 1.29 is 15.0 Å². The van der Waals surface area contributed by atoms with Crippen molar-refractivity contribution in [2.24, 2.45) is 5.73 Å². The van der Waals surface area contributed by atoms with Crippen LogP contribution in [0.15, 0.2) is 24.3 Å². The van der Waals surface area contributed by atoms with E-state index in [9.17, 15) is 9.90 Å². The van der Waals surface area contributed by atoms with Crippen LogP contribution in [0.2, 0.25) is 0 Å². The Balaban J connectivity index is 2.61. The minimum absolute atomic E-state index is 0.182. The molecule has 0 aliphatic rings. The summed E-state index contributed by atoms with van der Waals surface area (Å²) in [5, 5.41) is 18.0. The molecule has 4 heteroatoms. The predicted molar refractivity (Wildman–Crippen MR) is 56.7 cm³/mol. The van der Waals surface area contributed by atoms with E-state index in [1.54, 1.807) is 18.2 Å². The third kappa shape index (κ3) is 3.25. The van der Waals surface area contributed by atoms with Crippen LogP contribution in [0.4, 0.5) is 0 Å². The predicted octanol–water partition coefficient (Wildman–Crippen LogP) is 1.13. The van der Waals surface area contributed by atoms with Crippen molar-refractivity contribution in [1.82, 2.24) is 0 Å². The highest BCUT2D eigenvalue weighted by atomic mass is 16.4. The topological polar surface area (TPSA) is 83.5 Å². The third-order valence-electron chi connectivity index (χ3n) is 2.33. The fourth-order valence-electron chi connectivity index (χ4n) is 1.22. The highest BCUT2D eigenvalue weighted by Gasteiger charge is 2.27. The molecule has 0 aliphatic heterocycles. The first kappa shape index (κ1) is 11.5. The van der Waals surface area contributed by atoms with E-state index in [0.717, 1.165) is 5.56 Å². The molecule has 0 saturated carbocycles. The first-order valence-electron chi connectivity index (χ1n) is 4.72. The Hall–Kier alpha value is -1.55. The van der Waals surface area contributed by atoms with Gasteiger partial charge in [-0.05, 0) is 37.5 Å². The molecule has 0 bridgehead atoms. The van der Waals surface area contributed by atoms with Gasteiger partial charge in [0.25, 0.3) is 0 Å². The van der Waals surface area contributed by atoms with E-state index in [4.69, 9.17) is 10.8 Å². The van der Waals surface area contributed by atoms with Gasteiger partial charge in [-0.15, -0.1) is 0 Å². The zero-order valence-electron chi connectivity index (χ0n) is 8.60. The second-order valence-corrected chi connectivity index (χ2v) is 3.89. The zero-order valence-corrected chi connectivity index (χ0v) is 8.60. The van der Waals surface area contributed by atoms with Crippen LogP contribution in [0.3, 0.4) is 0 Å². The molecule has 0 saturated heterocycles. The normalized spacial score (nSPS) is 14.5. The van der Waals surface area contributed by atoms with Crippen LogP contribution >= 0.6 is 0 Å². The summed E-state index contributed by atoms with van der Waals surface area (Å²) in [5.41, 5.74) is 5.25. The number of carbonyl (C=O) groups is 1. The number of rotatable bonds is 4. The third-order valence-corrected chi connectivity index (χ3v) is 2.33. The molecule has 1 unspecified atom stereocenters. The number of hydrogen-bond donors (Lipinski definition) is 3. The van der Waals surface area contributed by atoms with E-state index in [-0.39, 0.29) is 5.75 Å². The van der Waals surface area contributed by atoms with Gasteiger partial charge in [-0.3, -0.25) is 4.79 Å². The fourth-order valence-corrected chi connectivity index (χ4v) is 1.22. The molecule has 0 radical (unpaired) electrons. The summed E-state index contributed by atoms with van der Waals surface area (Å²) in [6.07, 6.45) is 0.874. The summed E-state index contributed by atoms with van der Waals surface area (Å²) >= 11 is 0. The summed E-state index contributed by atoms with van der Waals surface area (Å²) in [6.45, 7) is 1.48. The van der Waals surface area contributed by atoms with Crippen molar-refractivity contribution in [2.75, 3.05) is 0 Å². The molecular formula is C11H15NO3. The van der Waals surface area contributed by atoms with Crippen LogP contribution in [0, 0.1) is 0 Å². The lowest BCUT2D eigenvalue weighted by molar-refractivity contribution is -0.142. The Morgan fingerprint density at radius 2 is 2.20 bits per heavy atom. The number of aryl methyl sites for hydroxylation is 1. The maximum absolute atomic E-state index is 10.7. The summed E-state index contributed by atoms with van der Waals surface area (Å²) in [6, 6.07) is 6.73. The number of aromatic hydroxyl groups is 1. The number of aliphatic carboxylic acids is 1. The Morgan fingerprint density at radius 1 is 1.53 bits per heavy atom. The number of phenols is 1. The van der Waals surface area contributed by atoms with Crippen LogP contribution in [0.1, 0.15) is 18.9 Å². The van der Waals surface area contributed by atoms with Crippen LogP contribution in [-0.4, -0.2) is 21.7 Å². The Bertz CT molecular complexity index is 361. The number of benzene rings is 1. The average Bonchev–Trinajstić information content (AvgIpc) is 2.15. The van der Waals surface area contributed by atoms with Crippen LogP contribution in [-0.2, 0) is 11.2 Å². The van der Waals surface area contributed by atoms with Gasteiger partial charge >= 0.3 is 5.97 Å². The maximum atomic E-state index is 10.7.